The van der Waals surface area contributed by atoms with Crippen LogP contribution in [-0.2, 0) is 9.59 Å². The van der Waals surface area contributed by atoms with E-state index in [-0.39, 0.29) is 6.04 Å². The summed E-state index contributed by atoms with van der Waals surface area (Å²) in [6, 6.07) is 16.7. The molecule has 7 heteroatoms. The second kappa shape index (κ2) is 9.53. The van der Waals surface area contributed by atoms with Gasteiger partial charge in [0.25, 0.3) is 0 Å². The lowest BCUT2D eigenvalue weighted by molar-refractivity contribution is -0.890. The van der Waals surface area contributed by atoms with Crippen LogP contribution < -0.4 is 20.4 Å². The molecular weight excluding hydrogens is 354 g/mol. The van der Waals surface area contributed by atoms with E-state index in [1.165, 1.54) is 0 Å². The van der Waals surface area contributed by atoms with Gasteiger partial charge >= 0.3 is 11.8 Å². The molecule has 0 aliphatic rings. The number of carbonyl (C=O) groups is 2. The minimum Gasteiger partial charge on any atom is -0.378 e. The quantitative estimate of drug-likeness (QED) is 0.639. The minimum absolute atomic E-state index is 0.000595. The van der Waals surface area contributed by atoms with Crippen molar-refractivity contribution in [2.75, 3.05) is 45.0 Å². The Morgan fingerprint density at radius 3 is 2.29 bits per heavy atom. The van der Waals surface area contributed by atoms with Crippen LogP contribution in [0.1, 0.15) is 17.2 Å². The van der Waals surface area contributed by atoms with Gasteiger partial charge in [-0.15, -0.1) is 0 Å². The number of hydrogen-bond acceptors (Lipinski definition) is 4. The Labute approximate surface area is 165 Å². The molecule has 1 atom stereocenters. The Morgan fingerprint density at radius 1 is 1.07 bits per heavy atom. The number of nitrogens with one attached hydrogen (secondary N) is 3. The van der Waals surface area contributed by atoms with Crippen molar-refractivity contribution in [3.8, 4) is 6.07 Å². The van der Waals surface area contributed by atoms with Gasteiger partial charge in [0.1, 0.15) is 12.1 Å². The molecule has 0 aliphatic carbocycles. The molecule has 0 unspecified atom stereocenters. The van der Waals surface area contributed by atoms with Crippen LogP contribution in [-0.4, -0.2) is 46.5 Å². The maximum Gasteiger partial charge on any atom is 0.313 e. The first-order chi connectivity index (χ1) is 13.3. The Bertz CT molecular complexity index is 869. The molecule has 0 aromatic heterocycles. The molecule has 7 nitrogen and oxygen atoms in total. The van der Waals surface area contributed by atoms with Crippen LogP contribution in [0, 0.1) is 11.3 Å². The van der Waals surface area contributed by atoms with Gasteiger partial charge in [-0.25, -0.2) is 0 Å². The summed E-state index contributed by atoms with van der Waals surface area (Å²) in [5.41, 5.74) is 2.79. The second-order valence-corrected chi connectivity index (χ2v) is 6.94. The average molecular weight is 380 g/mol. The Kier molecular flexibility index (Phi) is 7.13. The Balaban J connectivity index is 2.01. The van der Waals surface area contributed by atoms with E-state index in [9.17, 15) is 9.59 Å². The highest BCUT2D eigenvalue weighted by atomic mass is 16.2. The molecule has 0 bridgehead atoms. The van der Waals surface area contributed by atoms with Crippen molar-refractivity contribution in [1.82, 2.24) is 5.32 Å². The van der Waals surface area contributed by atoms with Crippen LogP contribution in [0.2, 0.25) is 0 Å². The first-order valence-corrected chi connectivity index (χ1v) is 8.99. The number of para-hydroxylation sites is 1. The van der Waals surface area contributed by atoms with Crippen molar-refractivity contribution in [2.45, 2.75) is 6.04 Å². The normalized spacial score (nSPS) is 11.4. The van der Waals surface area contributed by atoms with Crippen LogP contribution in [0.5, 0.6) is 0 Å². The fourth-order valence-electron chi connectivity index (χ4n) is 2.80. The number of carbonyl (C=O) groups excluding carboxylic acids is 2. The number of quaternary nitrogens is 1. The van der Waals surface area contributed by atoms with E-state index in [0.717, 1.165) is 16.2 Å². The topological polar surface area (TPSA) is 89.7 Å². The van der Waals surface area contributed by atoms with Gasteiger partial charge < -0.3 is 20.4 Å². The summed E-state index contributed by atoms with van der Waals surface area (Å²) in [5, 5.41) is 14.3. The number of anilines is 2. The smallest absolute Gasteiger partial charge is 0.313 e. The van der Waals surface area contributed by atoms with E-state index in [4.69, 9.17) is 5.26 Å². The van der Waals surface area contributed by atoms with Crippen LogP contribution in [0.3, 0.4) is 0 Å². The number of nitriles is 1. The molecule has 28 heavy (non-hydrogen) atoms. The molecular formula is C21H26N5O2+. The SMILES string of the molecule is CN(C)c1ccc([C@H](CNC(=O)C(=O)Nc2ccccc2C#N)[NH+](C)C)cc1. The number of amides is 2. The summed E-state index contributed by atoms with van der Waals surface area (Å²) in [7, 11) is 7.96. The second-order valence-electron chi connectivity index (χ2n) is 6.94. The fourth-order valence-corrected chi connectivity index (χ4v) is 2.80. The molecule has 0 spiro atoms. The van der Waals surface area contributed by atoms with Gasteiger partial charge in [-0.2, -0.15) is 5.26 Å². The van der Waals surface area contributed by atoms with Crippen molar-refractivity contribution in [3.05, 3.63) is 59.7 Å². The molecule has 0 aliphatic heterocycles. The van der Waals surface area contributed by atoms with Crippen LogP contribution in [0.4, 0.5) is 11.4 Å². The van der Waals surface area contributed by atoms with E-state index < -0.39 is 11.8 Å². The van der Waals surface area contributed by atoms with Gasteiger partial charge in [-0.1, -0.05) is 24.3 Å². The molecule has 2 aromatic carbocycles. The van der Waals surface area contributed by atoms with E-state index >= 15 is 0 Å². The highest BCUT2D eigenvalue weighted by molar-refractivity contribution is 6.39. The number of likely N-dealkylation sites (N-methyl/N-ethyl adjacent to an activating group) is 1. The number of hydrogen-bond donors (Lipinski definition) is 3. The third kappa shape index (κ3) is 5.32. The molecule has 0 heterocycles. The summed E-state index contributed by atoms with van der Waals surface area (Å²) in [4.78, 5) is 27.6. The van der Waals surface area contributed by atoms with Crippen molar-refractivity contribution in [1.29, 1.82) is 5.26 Å². The largest absolute Gasteiger partial charge is 0.378 e. The van der Waals surface area contributed by atoms with Gasteiger partial charge in [0.2, 0.25) is 0 Å². The lowest BCUT2D eigenvalue weighted by Gasteiger charge is -2.23. The van der Waals surface area contributed by atoms with E-state index in [1.54, 1.807) is 24.3 Å². The molecule has 2 aromatic rings. The van der Waals surface area contributed by atoms with Crippen LogP contribution in [0.25, 0.3) is 0 Å². The highest BCUT2D eigenvalue weighted by Crippen LogP contribution is 2.16. The number of rotatable bonds is 6. The number of nitrogens with zero attached hydrogens (tertiary/aromatic N) is 2. The zero-order chi connectivity index (χ0) is 20.7. The van der Waals surface area contributed by atoms with Gasteiger partial charge in [0.15, 0.2) is 0 Å². The fraction of sp³-hybridized carbons (Fsp3) is 0.286. The molecule has 0 fully saturated rings. The maximum absolute atomic E-state index is 12.2. The first-order valence-electron chi connectivity index (χ1n) is 8.99. The predicted octanol–water partition coefficient (Wildman–Crippen LogP) is 0.565. The third-order valence-corrected chi connectivity index (χ3v) is 4.48. The molecule has 146 valence electrons. The summed E-state index contributed by atoms with van der Waals surface area (Å²) in [6.45, 7) is 0.315. The van der Waals surface area contributed by atoms with Crippen LogP contribution in [0.15, 0.2) is 48.5 Å². The molecule has 0 saturated carbocycles. The van der Waals surface area contributed by atoms with Crippen molar-refractivity contribution in [3.63, 3.8) is 0 Å². The summed E-state index contributed by atoms with van der Waals surface area (Å²) in [6.07, 6.45) is 0. The Morgan fingerprint density at radius 2 is 1.71 bits per heavy atom. The lowest BCUT2D eigenvalue weighted by Crippen LogP contribution is -3.07. The highest BCUT2D eigenvalue weighted by Gasteiger charge is 2.22. The van der Waals surface area contributed by atoms with E-state index in [0.29, 0.717) is 17.8 Å². The first kappa shape index (κ1) is 20.9. The molecule has 2 amide bonds. The Hall–Kier alpha value is -3.37. The lowest BCUT2D eigenvalue weighted by atomic mass is 10.1. The van der Waals surface area contributed by atoms with Crippen LogP contribution >= 0.6 is 0 Å². The third-order valence-electron chi connectivity index (χ3n) is 4.48. The predicted molar refractivity (Wildman–Crippen MR) is 109 cm³/mol. The molecule has 0 saturated heterocycles. The standard InChI is InChI=1S/C21H25N5O2/c1-25(2)17-11-9-15(10-12-17)19(26(3)4)14-23-20(27)21(28)24-18-8-6-5-7-16(18)13-22/h5-12,19H,14H2,1-4H3,(H,23,27)(H,24,28)/p+1/t19-/m0/s1. The maximum atomic E-state index is 12.2. The number of benzene rings is 2. The average Bonchev–Trinajstić information content (AvgIpc) is 2.68. The van der Waals surface area contributed by atoms with E-state index in [2.05, 4.69) is 10.6 Å². The van der Waals surface area contributed by atoms with Crippen molar-refractivity contribution >= 4 is 23.2 Å². The van der Waals surface area contributed by atoms with Gasteiger partial charge in [-0.3, -0.25) is 9.59 Å². The summed E-state index contributed by atoms with van der Waals surface area (Å²) in [5.74, 6) is -1.53. The monoisotopic (exact) mass is 380 g/mol. The van der Waals surface area contributed by atoms with E-state index in [1.807, 2.05) is 63.4 Å². The summed E-state index contributed by atoms with van der Waals surface area (Å²) >= 11 is 0. The van der Waals surface area contributed by atoms with Gasteiger partial charge in [0.05, 0.1) is 31.9 Å². The molecule has 0 radical (unpaired) electrons. The van der Waals surface area contributed by atoms with Crippen molar-refractivity contribution < 1.29 is 14.5 Å². The van der Waals surface area contributed by atoms with Crippen molar-refractivity contribution in [2.24, 2.45) is 0 Å². The summed E-state index contributed by atoms with van der Waals surface area (Å²) < 4.78 is 0. The van der Waals surface area contributed by atoms with Gasteiger partial charge in [0, 0.05) is 25.3 Å². The molecule has 3 N–H and O–H groups in total. The zero-order valence-corrected chi connectivity index (χ0v) is 16.6. The van der Waals surface area contributed by atoms with Gasteiger partial charge in [-0.05, 0) is 24.3 Å². The zero-order valence-electron chi connectivity index (χ0n) is 16.6. The molecule has 2 rings (SSSR count). The minimum atomic E-state index is -0.793.